The van der Waals surface area contributed by atoms with Gasteiger partial charge in [-0.15, -0.1) is 0 Å². The summed E-state index contributed by atoms with van der Waals surface area (Å²) in [7, 11) is 0. The smallest absolute Gasteiger partial charge is 0.319 e. The van der Waals surface area contributed by atoms with Gasteiger partial charge in [-0.2, -0.15) is 9.97 Å². The van der Waals surface area contributed by atoms with Crippen molar-refractivity contribution in [2.75, 3.05) is 43.4 Å². The van der Waals surface area contributed by atoms with Crippen LogP contribution in [-0.2, 0) is 0 Å². The zero-order valence-electron chi connectivity index (χ0n) is 21.4. The highest BCUT2D eigenvalue weighted by atomic mass is 35.5. The second-order valence-corrected chi connectivity index (χ2v) is 11.8. The third kappa shape index (κ3) is 4.28. The third-order valence-corrected chi connectivity index (χ3v) is 9.29. The zero-order valence-corrected chi connectivity index (χ0v) is 22.2. The first-order valence-electron chi connectivity index (χ1n) is 13.6. The van der Waals surface area contributed by atoms with Crippen LogP contribution < -0.4 is 20.7 Å². The molecule has 0 aliphatic carbocycles. The number of rotatable bonds is 5. The Balaban J connectivity index is 1.32. The molecule has 206 valence electrons. The molecule has 4 atom stereocenters. The van der Waals surface area contributed by atoms with E-state index in [4.69, 9.17) is 27.1 Å². The van der Waals surface area contributed by atoms with Crippen molar-refractivity contribution >= 4 is 34.0 Å². The lowest BCUT2D eigenvalue weighted by molar-refractivity contribution is 0.107. The molecule has 2 bridgehead atoms. The molecule has 4 saturated heterocycles. The fourth-order valence-corrected chi connectivity index (χ4v) is 7.27. The van der Waals surface area contributed by atoms with Crippen LogP contribution in [0, 0.1) is 11.6 Å². The average Bonchev–Trinajstić information content (AvgIpc) is 3.55. The third-order valence-electron chi connectivity index (χ3n) is 8.87. The Morgan fingerprint density at radius 1 is 1.10 bits per heavy atom. The van der Waals surface area contributed by atoms with Crippen molar-refractivity contribution in [2.45, 2.75) is 55.9 Å². The lowest BCUT2D eigenvalue weighted by Gasteiger charge is -2.34. The molecular weight excluding hydrogens is 529 g/mol. The Bertz CT molecular complexity index is 1450. The number of piperazine rings is 1. The summed E-state index contributed by atoms with van der Waals surface area (Å²) < 4.78 is 51.0. The van der Waals surface area contributed by atoms with Gasteiger partial charge in [0.05, 0.1) is 16.2 Å². The lowest BCUT2D eigenvalue weighted by atomic mass is 9.95. The number of fused-ring (bicyclic) bond motifs is 4. The van der Waals surface area contributed by atoms with E-state index in [9.17, 15) is 8.78 Å². The molecule has 11 heteroatoms. The molecular formula is C28H30ClF3N6O. The number of hydrogen-bond donors (Lipinski definition) is 2. The number of nitrogens with two attached hydrogens (primary N) is 1. The van der Waals surface area contributed by atoms with Crippen LogP contribution in [0.2, 0.25) is 5.02 Å². The van der Waals surface area contributed by atoms with Crippen LogP contribution in [0.4, 0.5) is 24.7 Å². The minimum atomic E-state index is -0.887. The van der Waals surface area contributed by atoms with Crippen LogP contribution in [0.5, 0.6) is 6.01 Å². The first-order chi connectivity index (χ1) is 18.8. The van der Waals surface area contributed by atoms with Gasteiger partial charge in [-0.1, -0.05) is 17.7 Å². The fourth-order valence-electron chi connectivity index (χ4n) is 7.06. The summed E-state index contributed by atoms with van der Waals surface area (Å²) in [5.41, 5.74) is 5.80. The summed E-state index contributed by atoms with van der Waals surface area (Å²) in [6, 6.07) is 6.30. The second kappa shape index (κ2) is 9.38. The van der Waals surface area contributed by atoms with E-state index < -0.39 is 17.8 Å². The highest BCUT2D eigenvalue weighted by molar-refractivity contribution is 6.35. The van der Waals surface area contributed by atoms with Gasteiger partial charge in [-0.05, 0) is 50.4 Å². The number of hydrogen-bond acceptors (Lipinski definition) is 7. The summed E-state index contributed by atoms with van der Waals surface area (Å²) in [6.07, 6.45) is 3.50. The van der Waals surface area contributed by atoms with Gasteiger partial charge < -0.3 is 20.7 Å². The largest absolute Gasteiger partial charge is 0.461 e. The number of nitrogens with one attached hydrogen (secondary N) is 1. The Morgan fingerprint density at radius 2 is 1.90 bits per heavy atom. The van der Waals surface area contributed by atoms with Crippen LogP contribution in [0.25, 0.3) is 22.0 Å². The predicted octanol–water partition coefficient (Wildman–Crippen LogP) is 4.71. The minimum Gasteiger partial charge on any atom is -0.461 e. The SMILES string of the molecule is Nc1cc(F)cc(-c2ccc3c(N4C[C@H]5CC[C@@H](C4)N5)nc(OC[C@@]45CCCN4C[C@H](F)C5)nc3c2F)c1Cl. The molecule has 7 rings (SSSR count). The molecule has 3 N–H and O–H groups in total. The lowest BCUT2D eigenvalue weighted by Crippen LogP contribution is -2.51. The topological polar surface area (TPSA) is 79.5 Å². The number of halogens is 4. The summed E-state index contributed by atoms with van der Waals surface area (Å²) >= 11 is 6.37. The van der Waals surface area contributed by atoms with Gasteiger partial charge in [-0.25, -0.2) is 13.2 Å². The summed E-state index contributed by atoms with van der Waals surface area (Å²) in [5, 5.41) is 4.22. The van der Waals surface area contributed by atoms with E-state index in [0.717, 1.165) is 57.5 Å². The molecule has 7 nitrogen and oxygen atoms in total. The maximum atomic E-state index is 16.2. The molecule has 2 aromatic carbocycles. The van der Waals surface area contributed by atoms with Gasteiger partial charge in [0, 0.05) is 54.7 Å². The summed E-state index contributed by atoms with van der Waals surface area (Å²) in [6.45, 7) is 2.95. The summed E-state index contributed by atoms with van der Waals surface area (Å²) in [4.78, 5) is 13.6. The first-order valence-corrected chi connectivity index (χ1v) is 14.0. The molecule has 1 aromatic heterocycles. The molecule has 0 unspecified atom stereocenters. The second-order valence-electron chi connectivity index (χ2n) is 11.4. The quantitative estimate of drug-likeness (QED) is 0.439. The molecule has 0 radical (unpaired) electrons. The van der Waals surface area contributed by atoms with Crippen molar-refractivity contribution in [2.24, 2.45) is 0 Å². The van der Waals surface area contributed by atoms with Crippen molar-refractivity contribution in [3.63, 3.8) is 0 Å². The predicted molar refractivity (Wildman–Crippen MR) is 145 cm³/mol. The number of aromatic nitrogens is 2. The number of anilines is 2. The Labute approximate surface area is 229 Å². The van der Waals surface area contributed by atoms with E-state index in [1.54, 1.807) is 12.1 Å². The molecule has 0 spiro atoms. The maximum Gasteiger partial charge on any atom is 0.319 e. The van der Waals surface area contributed by atoms with Crippen LogP contribution in [0.1, 0.15) is 32.1 Å². The van der Waals surface area contributed by atoms with E-state index in [1.165, 1.54) is 0 Å². The highest BCUT2D eigenvalue weighted by Crippen LogP contribution is 2.42. The van der Waals surface area contributed by atoms with Crippen LogP contribution in [0.15, 0.2) is 24.3 Å². The highest BCUT2D eigenvalue weighted by Gasteiger charge is 2.49. The number of alkyl halides is 1. The monoisotopic (exact) mass is 558 g/mol. The minimum absolute atomic E-state index is 0.0259. The van der Waals surface area contributed by atoms with Gasteiger partial charge >= 0.3 is 6.01 Å². The van der Waals surface area contributed by atoms with Gasteiger partial charge in [0.1, 0.15) is 29.9 Å². The average molecular weight is 559 g/mol. The van der Waals surface area contributed by atoms with Crippen molar-refractivity contribution in [3.05, 3.63) is 40.9 Å². The molecule has 4 aliphatic heterocycles. The molecule has 4 aliphatic rings. The number of nitrogens with zero attached hydrogens (tertiary/aromatic N) is 4. The van der Waals surface area contributed by atoms with E-state index in [1.807, 2.05) is 0 Å². The Hall–Kier alpha value is -2.82. The normalized spacial score (nSPS) is 28.4. The molecule has 39 heavy (non-hydrogen) atoms. The Kier molecular flexibility index (Phi) is 6.06. The molecule has 4 fully saturated rings. The van der Waals surface area contributed by atoms with Crippen molar-refractivity contribution in [1.82, 2.24) is 20.2 Å². The summed E-state index contributed by atoms with van der Waals surface area (Å²) in [5.74, 6) is -0.672. The molecule has 0 amide bonds. The van der Waals surface area contributed by atoms with E-state index >= 15 is 4.39 Å². The van der Waals surface area contributed by atoms with E-state index in [-0.39, 0.29) is 45.5 Å². The van der Waals surface area contributed by atoms with E-state index in [2.05, 4.69) is 20.1 Å². The van der Waals surface area contributed by atoms with Gasteiger partial charge in [0.25, 0.3) is 0 Å². The van der Waals surface area contributed by atoms with Gasteiger partial charge in [0.15, 0.2) is 5.82 Å². The van der Waals surface area contributed by atoms with E-state index in [0.29, 0.717) is 36.3 Å². The fraction of sp³-hybridized carbons (Fsp3) is 0.500. The van der Waals surface area contributed by atoms with Crippen LogP contribution in [0.3, 0.4) is 0 Å². The van der Waals surface area contributed by atoms with Gasteiger partial charge in [0.2, 0.25) is 0 Å². The van der Waals surface area contributed by atoms with Crippen molar-refractivity contribution < 1.29 is 17.9 Å². The van der Waals surface area contributed by atoms with Crippen molar-refractivity contribution in [3.8, 4) is 17.1 Å². The van der Waals surface area contributed by atoms with Crippen LogP contribution >= 0.6 is 11.6 Å². The standard InChI is InChI=1S/C28H30ClF3N6O/c29-23-21(8-15(30)9-22(23)33)19-4-5-20-25(24(19)32)35-27(36-26(20)37-12-17-2-3-18(13-37)34-17)39-14-28-6-1-7-38(28)11-16(31)10-28/h4-5,8-9,16-18,34H,1-3,6-7,10-14,33H2/t16-,17-,18+,28+/m1/s1. The van der Waals surface area contributed by atoms with Crippen LogP contribution in [-0.4, -0.2) is 71.4 Å². The maximum absolute atomic E-state index is 16.2. The zero-order chi connectivity index (χ0) is 26.9. The molecule has 3 aromatic rings. The first kappa shape index (κ1) is 25.2. The number of nitrogen functional groups attached to an aromatic ring is 1. The number of benzene rings is 2. The molecule has 5 heterocycles. The molecule has 0 saturated carbocycles. The Morgan fingerprint density at radius 3 is 2.69 bits per heavy atom. The van der Waals surface area contributed by atoms with Gasteiger partial charge in [-0.3, -0.25) is 4.90 Å². The van der Waals surface area contributed by atoms with Crippen molar-refractivity contribution in [1.29, 1.82) is 0 Å². The number of ether oxygens (including phenoxy) is 1.